The summed E-state index contributed by atoms with van der Waals surface area (Å²) in [4.78, 5) is 5.62. The minimum atomic E-state index is 0.177. The van der Waals surface area contributed by atoms with E-state index in [4.69, 9.17) is 4.84 Å². The third-order valence-electron chi connectivity index (χ3n) is 1.88. The van der Waals surface area contributed by atoms with Gasteiger partial charge in [0.15, 0.2) is 0 Å². The second-order valence-corrected chi connectivity index (χ2v) is 3.23. The van der Waals surface area contributed by atoms with Gasteiger partial charge in [-0.25, -0.2) is 0 Å². The summed E-state index contributed by atoms with van der Waals surface area (Å²) in [5.74, 6) is 0. The van der Waals surface area contributed by atoms with Crippen molar-refractivity contribution >= 4 is 0 Å². The normalized spacial score (nSPS) is 13.2. The summed E-state index contributed by atoms with van der Waals surface area (Å²) in [5, 5.41) is 1.75. The van der Waals surface area contributed by atoms with Crippen molar-refractivity contribution in [2.24, 2.45) is 0 Å². The van der Waals surface area contributed by atoms with Crippen molar-refractivity contribution in [2.75, 3.05) is 14.1 Å². The lowest BCUT2D eigenvalue weighted by atomic mass is 10.1. The van der Waals surface area contributed by atoms with Crippen LogP contribution >= 0.6 is 0 Å². The zero-order valence-electron chi connectivity index (χ0n) is 8.53. The van der Waals surface area contributed by atoms with Gasteiger partial charge in [0.1, 0.15) is 6.10 Å². The zero-order chi connectivity index (χ0) is 9.68. The number of benzene rings is 1. The van der Waals surface area contributed by atoms with Crippen LogP contribution in [0.3, 0.4) is 0 Å². The Hall–Kier alpha value is -0.860. The fourth-order valence-corrected chi connectivity index (χ4v) is 1.29. The van der Waals surface area contributed by atoms with E-state index in [1.165, 1.54) is 5.56 Å². The number of hydrogen-bond acceptors (Lipinski definition) is 2. The second kappa shape index (κ2) is 5.00. The predicted octanol–water partition coefficient (Wildman–Crippen LogP) is 2.63. The first-order valence-corrected chi connectivity index (χ1v) is 4.63. The Balaban J connectivity index is 2.67. The van der Waals surface area contributed by atoms with Crippen LogP contribution in [0.1, 0.15) is 25.0 Å². The molecule has 72 valence electrons. The standard InChI is InChI=1S/C11H17NO/c1-4-11(13-12(2)3)10-8-6-5-7-9-10/h5-9,11H,4H2,1-3H3. The number of hydrogen-bond donors (Lipinski definition) is 0. The van der Waals surface area contributed by atoms with E-state index in [2.05, 4.69) is 19.1 Å². The average molecular weight is 179 g/mol. The topological polar surface area (TPSA) is 12.5 Å². The molecule has 2 nitrogen and oxygen atoms in total. The van der Waals surface area contributed by atoms with Crippen molar-refractivity contribution in [2.45, 2.75) is 19.4 Å². The molecular formula is C11H17NO. The van der Waals surface area contributed by atoms with Crippen LogP contribution in [0.15, 0.2) is 30.3 Å². The maximum atomic E-state index is 5.62. The highest BCUT2D eigenvalue weighted by Crippen LogP contribution is 2.20. The Morgan fingerprint density at radius 2 is 1.85 bits per heavy atom. The summed E-state index contributed by atoms with van der Waals surface area (Å²) in [6.07, 6.45) is 1.17. The Morgan fingerprint density at radius 1 is 1.23 bits per heavy atom. The van der Waals surface area contributed by atoms with Crippen LogP contribution in [-0.2, 0) is 4.84 Å². The van der Waals surface area contributed by atoms with Crippen LogP contribution < -0.4 is 0 Å². The molecule has 0 spiro atoms. The summed E-state index contributed by atoms with van der Waals surface area (Å²) in [6, 6.07) is 10.3. The van der Waals surface area contributed by atoms with Crippen molar-refractivity contribution in [1.82, 2.24) is 5.06 Å². The van der Waals surface area contributed by atoms with Gasteiger partial charge in [-0.3, -0.25) is 4.84 Å². The van der Waals surface area contributed by atoms with E-state index < -0.39 is 0 Å². The highest BCUT2D eigenvalue weighted by molar-refractivity contribution is 5.17. The molecule has 0 radical (unpaired) electrons. The van der Waals surface area contributed by atoms with Crippen LogP contribution in [0.5, 0.6) is 0 Å². The molecule has 0 aromatic heterocycles. The maximum Gasteiger partial charge on any atom is 0.104 e. The summed E-state index contributed by atoms with van der Waals surface area (Å²) in [5.41, 5.74) is 1.23. The Bertz CT molecular complexity index is 233. The molecule has 0 N–H and O–H groups in total. The Labute approximate surface area is 80.1 Å². The molecule has 13 heavy (non-hydrogen) atoms. The molecule has 0 fully saturated rings. The predicted molar refractivity (Wildman–Crippen MR) is 54.2 cm³/mol. The van der Waals surface area contributed by atoms with Crippen molar-refractivity contribution in [3.63, 3.8) is 0 Å². The number of nitrogens with zero attached hydrogens (tertiary/aromatic N) is 1. The lowest BCUT2D eigenvalue weighted by Gasteiger charge is -2.20. The molecule has 1 aromatic rings. The lowest BCUT2D eigenvalue weighted by Crippen LogP contribution is -2.16. The van der Waals surface area contributed by atoms with Gasteiger partial charge in [0.25, 0.3) is 0 Å². The van der Waals surface area contributed by atoms with Gasteiger partial charge in [0, 0.05) is 14.1 Å². The molecule has 0 aliphatic carbocycles. The molecule has 0 saturated heterocycles. The van der Waals surface area contributed by atoms with E-state index in [1.807, 2.05) is 32.3 Å². The minimum absolute atomic E-state index is 0.177. The average Bonchev–Trinajstić information content (AvgIpc) is 2.15. The summed E-state index contributed by atoms with van der Waals surface area (Å²) >= 11 is 0. The molecule has 1 aromatic carbocycles. The second-order valence-electron chi connectivity index (χ2n) is 3.23. The molecule has 1 unspecified atom stereocenters. The molecule has 0 amide bonds. The molecular weight excluding hydrogens is 162 g/mol. The van der Waals surface area contributed by atoms with Gasteiger partial charge >= 0.3 is 0 Å². The summed E-state index contributed by atoms with van der Waals surface area (Å²) < 4.78 is 0. The van der Waals surface area contributed by atoms with Gasteiger partial charge in [0.05, 0.1) is 0 Å². The van der Waals surface area contributed by atoms with E-state index in [9.17, 15) is 0 Å². The van der Waals surface area contributed by atoms with Gasteiger partial charge < -0.3 is 0 Å². The summed E-state index contributed by atoms with van der Waals surface area (Å²) in [6.45, 7) is 2.13. The molecule has 1 rings (SSSR count). The molecule has 0 aliphatic rings. The lowest BCUT2D eigenvalue weighted by molar-refractivity contribution is -0.168. The van der Waals surface area contributed by atoms with E-state index >= 15 is 0 Å². The highest BCUT2D eigenvalue weighted by Gasteiger charge is 2.09. The van der Waals surface area contributed by atoms with Crippen molar-refractivity contribution < 1.29 is 4.84 Å². The summed E-state index contributed by atoms with van der Waals surface area (Å²) in [7, 11) is 3.82. The van der Waals surface area contributed by atoms with Crippen molar-refractivity contribution in [3.05, 3.63) is 35.9 Å². The van der Waals surface area contributed by atoms with E-state index in [0.717, 1.165) is 6.42 Å². The van der Waals surface area contributed by atoms with Crippen molar-refractivity contribution in [3.8, 4) is 0 Å². The third-order valence-corrected chi connectivity index (χ3v) is 1.88. The fourth-order valence-electron chi connectivity index (χ4n) is 1.29. The Kier molecular flexibility index (Phi) is 3.93. The molecule has 2 heteroatoms. The zero-order valence-corrected chi connectivity index (χ0v) is 8.53. The maximum absolute atomic E-state index is 5.62. The molecule has 0 bridgehead atoms. The van der Waals surface area contributed by atoms with Crippen LogP contribution in [0.2, 0.25) is 0 Å². The highest BCUT2D eigenvalue weighted by atomic mass is 16.7. The van der Waals surface area contributed by atoms with Gasteiger partial charge in [-0.2, -0.15) is 5.06 Å². The van der Waals surface area contributed by atoms with Crippen molar-refractivity contribution in [1.29, 1.82) is 0 Å². The van der Waals surface area contributed by atoms with Gasteiger partial charge in [-0.15, -0.1) is 0 Å². The number of hydroxylamine groups is 2. The monoisotopic (exact) mass is 179 g/mol. The molecule has 1 atom stereocenters. The van der Waals surface area contributed by atoms with Gasteiger partial charge in [-0.1, -0.05) is 37.3 Å². The first-order valence-electron chi connectivity index (χ1n) is 4.63. The van der Waals surface area contributed by atoms with E-state index in [-0.39, 0.29) is 6.10 Å². The van der Waals surface area contributed by atoms with Crippen LogP contribution in [0, 0.1) is 0 Å². The van der Waals surface area contributed by atoms with Gasteiger partial charge in [0.2, 0.25) is 0 Å². The molecule has 0 saturated carbocycles. The quantitative estimate of drug-likeness (QED) is 0.659. The fraction of sp³-hybridized carbons (Fsp3) is 0.455. The van der Waals surface area contributed by atoms with E-state index in [0.29, 0.717) is 0 Å². The smallest absolute Gasteiger partial charge is 0.104 e. The molecule has 0 heterocycles. The van der Waals surface area contributed by atoms with Gasteiger partial charge in [-0.05, 0) is 12.0 Å². The SMILES string of the molecule is CCC(ON(C)C)c1ccccc1. The molecule has 0 aliphatic heterocycles. The first kappa shape index (κ1) is 10.2. The van der Waals surface area contributed by atoms with Crippen LogP contribution in [-0.4, -0.2) is 19.2 Å². The largest absolute Gasteiger partial charge is 0.291 e. The third kappa shape index (κ3) is 3.17. The minimum Gasteiger partial charge on any atom is -0.291 e. The van der Waals surface area contributed by atoms with E-state index in [1.54, 1.807) is 5.06 Å². The first-order chi connectivity index (χ1) is 6.24. The number of rotatable bonds is 4. The Morgan fingerprint density at radius 3 is 2.31 bits per heavy atom. The van der Waals surface area contributed by atoms with Crippen LogP contribution in [0.4, 0.5) is 0 Å². The van der Waals surface area contributed by atoms with Crippen LogP contribution in [0.25, 0.3) is 0 Å².